The van der Waals surface area contributed by atoms with Crippen molar-refractivity contribution >= 4 is 49.9 Å². The van der Waals surface area contributed by atoms with Crippen LogP contribution in [0, 0.1) is 0 Å². The lowest BCUT2D eigenvalue weighted by molar-refractivity contribution is 0.395. The van der Waals surface area contributed by atoms with Gasteiger partial charge in [-0.15, -0.1) is 18.9 Å². The molecule has 160 valence electrons. The van der Waals surface area contributed by atoms with E-state index in [-0.39, 0.29) is 0 Å². The molecular formula is C18H46O3Si6. The summed E-state index contributed by atoms with van der Waals surface area (Å²) in [7, 11) is -10.8. The molecular weight excluding hydrogens is 433 g/mol. The van der Waals surface area contributed by atoms with E-state index in [9.17, 15) is 0 Å². The van der Waals surface area contributed by atoms with Crippen LogP contribution in [0.25, 0.3) is 0 Å². The van der Waals surface area contributed by atoms with Gasteiger partial charge in [-0.3, -0.25) is 0 Å². The first-order valence-corrected chi connectivity index (χ1v) is 28.5. The van der Waals surface area contributed by atoms with Gasteiger partial charge in [0.2, 0.25) is 0 Å². The molecule has 0 aliphatic heterocycles. The molecule has 0 radical (unpaired) electrons. The molecule has 0 atom stereocenters. The Morgan fingerprint density at radius 1 is 0.556 bits per heavy atom. The van der Waals surface area contributed by atoms with Gasteiger partial charge in [0.1, 0.15) is 0 Å². The lowest BCUT2D eigenvalue weighted by Gasteiger charge is -2.42. The fourth-order valence-electron chi connectivity index (χ4n) is 4.41. The van der Waals surface area contributed by atoms with Crippen LogP contribution in [0.4, 0.5) is 0 Å². The van der Waals surface area contributed by atoms with E-state index >= 15 is 0 Å². The third-order valence-electron chi connectivity index (χ3n) is 4.36. The zero-order valence-electron chi connectivity index (χ0n) is 20.2. The molecule has 9 heteroatoms. The summed E-state index contributed by atoms with van der Waals surface area (Å²) < 4.78 is 20.1. The predicted molar refractivity (Wildman–Crippen MR) is 138 cm³/mol. The summed E-state index contributed by atoms with van der Waals surface area (Å²) in [4.78, 5) is 0. The first-order valence-electron chi connectivity index (χ1n) is 10.0. The Kier molecular flexibility index (Phi) is 9.44. The quantitative estimate of drug-likeness (QED) is 0.289. The lowest BCUT2D eigenvalue weighted by atomic mass is 11.3. The van der Waals surface area contributed by atoms with E-state index in [0.717, 1.165) is 5.67 Å². The van der Waals surface area contributed by atoms with Gasteiger partial charge in [0.15, 0.2) is 33.3 Å². The van der Waals surface area contributed by atoms with E-state index in [1.54, 1.807) is 0 Å². The minimum absolute atomic E-state index is 1.11. The molecule has 0 fully saturated rings. The van der Waals surface area contributed by atoms with Gasteiger partial charge in [-0.25, -0.2) is 0 Å². The minimum Gasteiger partial charge on any atom is -0.456 e. The van der Waals surface area contributed by atoms with Gasteiger partial charge in [-0.1, -0.05) is 18.8 Å². The Labute approximate surface area is 176 Å². The lowest BCUT2D eigenvalue weighted by Crippen LogP contribution is -2.56. The Hall–Kier alpha value is 0.661. The van der Waals surface area contributed by atoms with Crippen molar-refractivity contribution in [3.63, 3.8) is 0 Å². The summed E-state index contributed by atoms with van der Waals surface area (Å²) in [6.07, 6.45) is 0. The summed E-state index contributed by atoms with van der Waals surface area (Å²) in [6.45, 7) is 35.7. The summed E-state index contributed by atoms with van der Waals surface area (Å²) >= 11 is 0. The van der Waals surface area contributed by atoms with Crippen molar-refractivity contribution in [2.24, 2.45) is 0 Å². The minimum atomic E-state index is -2.17. The van der Waals surface area contributed by atoms with Gasteiger partial charge >= 0.3 is 8.56 Å². The van der Waals surface area contributed by atoms with E-state index in [1.165, 1.54) is 5.67 Å². The molecule has 0 aromatic rings. The normalized spacial score (nSPS) is 15.0. The second-order valence-electron chi connectivity index (χ2n) is 11.3. The highest BCUT2D eigenvalue weighted by molar-refractivity contribution is 7.01. The summed E-state index contributed by atoms with van der Waals surface area (Å²) in [5, 5.41) is 0. The van der Waals surface area contributed by atoms with Gasteiger partial charge in [0, 0.05) is 0 Å². The molecule has 0 amide bonds. The van der Waals surface area contributed by atoms with E-state index in [0.29, 0.717) is 0 Å². The summed E-state index contributed by atoms with van der Waals surface area (Å²) in [5.74, 6) is 0. The molecule has 0 rings (SSSR count). The Bertz CT molecular complexity index is 481. The monoisotopic (exact) mass is 478 g/mol. The SMILES string of the molecule is C=C[Si](C)(C)C[Si](C)(C)O[Si](C)(C)C[Si](C)(C)O[Si](C)(C)O[Si](C)(C)C=C. The van der Waals surface area contributed by atoms with Crippen molar-refractivity contribution < 1.29 is 12.3 Å². The standard InChI is InChI=1S/C18H46O3Si6/c1-15-22(3,4)17-24(7,8)19-25(9,10)18-26(11,12)21-27(13,14)20-23(5,6)16-2/h15-16H,1-2,17-18H2,3-14H3. The third kappa shape index (κ3) is 12.1. The third-order valence-corrected chi connectivity index (χ3v) is 33.0. The molecule has 0 aromatic carbocycles. The topological polar surface area (TPSA) is 27.7 Å². The zero-order chi connectivity index (χ0) is 21.9. The maximum absolute atomic E-state index is 6.92. The van der Waals surface area contributed by atoms with Crippen molar-refractivity contribution in [2.75, 3.05) is 0 Å². The Morgan fingerprint density at radius 3 is 1.37 bits per heavy atom. The highest BCUT2D eigenvalue weighted by Gasteiger charge is 2.44. The molecule has 0 N–H and O–H groups in total. The average Bonchev–Trinajstić information content (AvgIpc) is 2.30. The van der Waals surface area contributed by atoms with Crippen LogP contribution in [-0.4, -0.2) is 49.9 Å². The van der Waals surface area contributed by atoms with Crippen LogP contribution >= 0.6 is 0 Å². The van der Waals surface area contributed by atoms with E-state index in [2.05, 4.69) is 97.4 Å². The van der Waals surface area contributed by atoms with Crippen molar-refractivity contribution in [2.45, 2.75) is 89.9 Å². The predicted octanol–water partition coefficient (Wildman–Crippen LogP) is 6.80. The average molecular weight is 479 g/mol. The zero-order valence-corrected chi connectivity index (χ0v) is 26.2. The van der Waals surface area contributed by atoms with Gasteiger partial charge in [0.05, 0.1) is 8.07 Å². The largest absolute Gasteiger partial charge is 0.456 e. The second kappa shape index (κ2) is 9.21. The Morgan fingerprint density at radius 2 is 0.963 bits per heavy atom. The van der Waals surface area contributed by atoms with E-state index in [1.807, 2.05) is 5.70 Å². The van der Waals surface area contributed by atoms with Crippen LogP contribution in [0.5, 0.6) is 0 Å². The van der Waals surface area contributed by atoms with Gasteiger partial charge in [-0.05, 0) is 76.8 Å². The number of rotatable bonds is 12. The van der Waals surface area contributed by atoms with Crippen molar-refractivity contribution in [3.05, 3.63) is 24.6 Å². The van der Waals surface area contributed by atoms with Crippen LogP contribution in [0.3, 0.4) is 0 Å². The highest BCUT2D eigenvalue weighted by atomic mass is 28.5. The molecule has 0 aliphatic carbocycles. The molecule has 0 bridgehead atoms. The Balaban J connectivity index is 5.13. The first kappa shape index (κ1) is 27.7. The van der Waals surface area contributed by atoms with Crippen LogP contribution in [0.15, 0.2) is 24.6 Å². The summed E-state index contributed by atoms with van der Waals surface area (Å²) in [5.41, 5.74) is 6.56. The van der Waals surface area contributed by atoms with Crippen LogP contribution < -0.4 is 0 Å². The highest BCUT2D eigenvalue weighted by Crippen LogP contribution is 2.31. The molecule has 0 unspecified atom stereocenters. The van der Waals surface area contributed by atoms with Crippen molar-refractivity contribution in [3.8, 4) is 0 Å². The molecule has 3 nitrogen and oxygen atoms in total. The van der Waals surface area contributed by atoms with E-state index in [4.69, 9.17) is 12.3 Å². The molecule has 0 saturated heterocycles. The molecule has 0 aromatic heterocycles. The van der Waals surface area contributed by atoms with Crippen molar-refractivity contribution in [1.29, 1.82) is 0 Å². The molecule has 0 aliphatic rings. The second-order valence-corrected chi connectivity index (χ2v) is 38.0. The fraction of sp³-hybridized carbons (Fsp3) is 0.778. The molecule has 0 heterocycles. The molecule has 27 heavy (non-hydrogen) atoms. The van der Waals surface area contributed by atoms with Crippen molar-refractivity contribution in [1.82, 2.24) is 0 Å². The summed E-state index contributed by atoms with van der Waals surface area (Å²) in [6, 6.07) is 0. The maximum Gasteiger partial charge on any atom is 0.311 e. The van der Waals surface area contributed by atoms with Gasteiger partial charge in [0.25, 0.3) is 0 Å². The van der Waals surface area contributed by atoms with Crippen LogP contribution in [0.2, 0.25) is 89.9 Å². The van der Waals surface area contributed by atoms with Crippen LogP contribution in [0.1, 0.15) is 0 Å². The number of hydrogen-bond donors (Lipinski definition) is 0. The molecule has 0 spiro atoms. The fourth-order valence-corrected chi connectivity index (χ4v) is 42.0. The van der Waals surface area contributed by atoms with Gasteiger partial charge in [-0.2, -0.15) is 0 Å². The smallest absolute Gasteiger partial charge is 0.311 e. The van der Waals surface area contributed by atoms with Gasteiger partial charge < -0.3 is 12.3 Å². The first-order chi connectivity index (χ1) is 11.7. The molecule has 0 saturated carbocycles. The number of hydrogen-bond acceptors (Lipinski definition) is 3. The maximum atomic E-state index is 6.92. The van der Waals surface area contributed by atoms with Crippen LogP contribution in [-0.2, 0) is 12.3 Å². The van der Waals surface area contributed by atoms with E-state index < -0.39 is 49.9 Å².